The van der Waals surface area contributed by atoms with Crippen LogP contribution < -0.4 is 22.1 Å². The maximum absolute atomic E-state index is 14.8. The SMILES string of the molecule is NC(=O)c1c(NC(=O)C(F)(F)C(F)(F)C(=O)Nc2sc3c(c2C(N)=O)CCCCC3)sc2c1CCCCC2. The molecule has 38 heavy (non-hydrogen) atoms. The standard InChI is InChI=1S/C24H26F4N4O4S2/c25-23(26,21(35)31-19-15(17(29)33)11-7-3-1-5-9-13(11)37-19)24(27,28)22(36)32-20-16(18(30)34)12-8-4-2-6-10-14(12)38-20/h1-10H2,(H2,29,33)(H2,30,34)(H,31,35)(H,32,36). The van der Waals surface area contributed by atoms with E-state index in [1.165, 1.54) is 0 Å². The smallest absolute Gasteiger partial charge is 0.365 e. The van der Waals surface area contributed by atoms with Gasteiger partial charge in [0, 0.05) is 9.75 Å². The molecule has 0 radical (unpaired) electrons. The van der Waals surface area contributed by atoms with Crippen LogP contribution in [-0.2, 0) is 35.3 Å². The summed E-state index contributed by atoms with van der Waals surface area (Å²) >= 11 is 1.66. The Hall–Kier alpha value is -3.00. The summed E-state index contributed by atoms with van der Waals surface area (Å²) in [5.41, 5.74) is 11.5. The first-order valence-corrected chi connectivity index (χ1v) is 13.8. The number of halogens is 4. The van der Waals surface area contributed by atoms with E-state index in [0.717, 1.165) is 48.4 Å². The van der Waals surface area contributed by atoms with Crippen LogP contribution in [-0.4, -0.2) is 35.5 Å². The molecule has 0 aliphatic heterocycles. The van der Waals surface area contributed by atoms with Crippen LogP contribution in [0.15, 0.2) is 0 Å². The lowest BCUT2D eigenvalue weighted by Gasteiger charge is -2.24. The van der Waals surface area contributed by atoms with E-state index in [-0.39, 0.29) is 21.1 Å². The molecule has 8 nitrogen and oxygen atoms in total. The maximum atomic E-state index is 14.8. The molecule has 4 amide bonds. The number of hydrogen-bond donors (Lipinski definition) is 4. The molecule has 0 saturated carbocycles. The number of amides is 4. The Morgan fingerprint density at radius 1 is 0.605 bits per heavy atom. The summed E-state index contributed by atoms with van der Waals surface area (Å²) in [6.45, 7) is 0. The summed E-state index contributed by atoms with van der Waals surface area (Å²) in [5, 5.41) is 2.70. The highest BCUT2D eigenvalue weighted by Crippen LogP contribution is 2.42. The van der Waals surface area contributed by atoms with Gasteiger partial charge in [-0.2, -0.15) is 17.6 Å². The summed E-state index contributed by atoms with van der Waals surface area (Å²) in [4.78, 5) is 50.3. The Balaban J connectivity index is 1.59. The van der Waals surface area contributed by atoms with Gasteiger partial charge < -0.3 is 22.1 Å². The first-order chi connectivity index (χ1) is 17.9. The lowest BCUT2D eigenvalue weighted by Crippen LogP contribution is -2.56. The molecule has 6 N–H and O–H groups in total. The quantitative estimate of drug-likeness (QED) is 0.287. The Morgan fingerprint density at radius 3 is 1.29 bits per heavy atom. The van der Waals surface area contributed by atoms with Crippen LogP contribution in [0.1, 0.15) is 80.1 Å². The Bertz CT molecular complexity index is 1210. The third-order valence-electron chi connectivity index (χ3n) is 6.75. The molecule has 4 rings (SSSR count). The van der Waals surface area contributed by atoms with Gasteiger partial charge in [-0.05, 0) is 62.5 Å². The number of nitrogens with two attached hydrogens (primary N) is 2. The highest BCUT2D eigenvalue weighted by atomic mass is 32.1. The van der Waals surface area contributed by atoms with Crippen molar-refractivity contribution in [3.8, 4) is 0 Å². The molecule has 2 aromatic rings. The van der Waals surface area contributed by atoms with Crippen molar-refractivity contribution >= 4 is 56.3 Å². The number of primary amides is 2. The van der Waals surface area contributed by atoms with Crippen molar-refractivity contribution < 1.29 is 36.7 Å². The molecular weight excluding hydrogens is 548 g/mol. The van der Waals surface area contributed by atoms with Crippen molar-refractivity contribution in [2.24, 2.45) is 11.5 Å². The predicted octanol–water partition coefficient (Wildman–Crippen LogP) is 4.39. The molecule has 206 valence electrons. The predicted molar refractivity (Wildman–Crippen MR) is 135 cm³/mol. The molecule has 0 fully saturated rings. The average Bonchev–Trinajstić information content (AvgIpc) is 3.13. The number of anilines is 2. The number of nitrogens with one attached hydrogen (secondary N) is 2. The number of hydrogen-bond acceptors (Lipinski definition) is 6. The minimum atomic E-state index is -5.51. The normalized spacial score (nSPS) is 16.0. The molecule has 2 aliphatic carbocycles. The number of thiophene rings is 2. The summed E-state index contributed by atoms with van der Waals surface area (Å²) in [6.07, 6.45) is 6.65. The fourth-order valence-electron chi connectivity index (χ4n) is 4.83. The van der Waals surface area contributed by atoms with E-state index in [1.807, 2.05) is 0 Å². The Labute approximate surface area is 223 Å². The van der Waals surface area contributed by atoms with Crippen molar-refractivity contribution in [2.75, 3.05) is 10.6 Å². The van der Waals surface area contributed by atoms with E-state index in [0.29, 0.717) is 59.4 Å². The van der Waals surface area contributed by atoms with E-state index < -0.39 is 35.5 Å². The second-order valence-electron chi connectivity index (χ2n) is 9.32. The fourth-order valence-corrected chi connectivity index (χ4v) is 7.41. The third kappa shape index (κ3) is 5.03. The first-order valence-electron chi connectivity index (χ1n) is 12.1. The summed E-state index contributed by atoms with van der Waals surface area (Å²) in [6, 6.07) is 0. The fraction of sp³-hybridized carbons (Fsp3) is 0.500. The van der Waals surface area contributed by atoms with Crippen LogP contribution in [0.4, 0.5) is 27.6 Å². The first kappa shape index (κ1) is 28.0. The second-order valence-corrected chi connectivity index (χ2v) is 11.5. The Kier molecular flexibility index (Phi) is 7.84. The van der Waals surface area contributed by atoms with E-state index in [9.17, 15) is 36.7 Å². The summed E-state index contributed by atoms with van der Waals surface area (Å²) in [7, 11) is 0. The number of fused-ring (bicyclic) bond motifs is 2. The second kappa shape index (κ2) is 10.6. The minimum Gasteiger partial charge on any atom is -0.365 e. The van der Waals surface area contributed by atoms with E-state index >= 15 is 0 Å². The van der Waals surface area contributed by atoms with Crippen molar-refractivity contribution in [3.05, 3.63) is 32.0 Å². The number of rotatable bonds is 7. The number of carbonyl (C=O) groups is 4. The van der Waals surface area contributed by atoms with E-state index in [4.69, 9.17) is 11.5 Å². The molecule has 0 spiro atoms. The molecule has 0 atom stereocenters. The van der Waals surface area contributed by atoms with Gasteiger partial charge in [-0.3, -0.25) is 19.2 Å². The highest BCUT2D eigenvalue weighted by Gasteiger charge is 2.67. The van der Waals surface area contributed by atoms with Crippen LogP contribution in [0.5, 0.6) is 0 Å². The molecule has 0 saturated heterocycles. The largest absolute Gasteiger partial charge is 0.396 e. The molecule has 2 aromatic heterocycles. The van der Waals surface area contributed by atoms with Crippen LogP contribution in [0, 0.1) is 0 Å². The van der Waals surface area contributed by atoms with Crippen molar-refractivity contribution in [3.63, 3.8) is 0 Å². The van der Waals surface area contributed by atoms with Gasteiger partial charge in [0.05, 0.1) is 11.1 Å². The number of alkyl halides is 4. The maximum Gasteiger partial charge on any atom is 0.396 e. The summed E-state index contributed by atoms with van der Waals surface area (Å²) < 4.78 is 59.3. The van der Waals surface area contributed by atoms with E-state index in [2.05, 4.69) is 0 Å². The van der Waals surface area contributed by atoms with E-state index in [1.54, 1.807) is 10.6 Å². The van der Waals surface area contributed by atoms with Gasteiger partial charge in [0.25, 0.3) is 11.8 Å². The van der Waals surface area contributed by atoms with Gasteiger partial charge in [-0.25, -0.2) is 0 Å². The zero-order chi connectivity index (χ0) is 27.8. The molecule has 0 unspecified atom stereocenters. The van der Waals surface area contributed by atoms with Gasteiger partial charge in [0.15, 0.2) is 0 Å². The average molecular weight is 575 g/mol. The van der Waals surface area contributed by atoms with Crippen molar-refractivity contribution in [1.82, 2.24) is 0 Å². The van der Waals surface area contributed by atoms with Crippen LogP contribution in [0.3, 0.4) is 0 Å². The van der Waals surface area contributed by atoms with Gasteiger partial charge >= 0.3 is 23.7 Å². The van der Waals surface area contributed by atoms with Crippen LogP contribution in [0.25, 0.3) is 0 Å². The van der Waals surface area contributed by atoms with Gasteiger partial charge in [-0.15, -0.1) is 22.7 Å². The molecule has 14 heteroatoms. The lowest BCUT2D eigenvalue weighted by molar-refractivity contribution is -0.204. The van der Waals surface area contributed by atoms with Gasteiger partial charge in [-0.1, -0.05) is 12.8 Å². The van der Waals surface area contributed by atoms with Gasteiger partial charge in [0.2, 0.25) is 0 Å². The van der Waals surface area contributed by atoms with Crippen molar-refractivity contribution in [2.45, 2.75) is 76.1 Å². The molecular formula is C24H26F4N4O4S2. The van der Waals surface area contributed by atoms with Crippen molar-refractivity contribution in [1.29, 1.82) is 0 Å². The molecule has 0 aromatic carbocycles. The zero-order valence-electron chi connectivity index (χ0n) is 20.2. The lowest BCUT2D eigenvalue weighted by atomic mass is 10.0. The third-order valence-corrected chi connectivity index (χ3v) is 9.17. The number of aryl methyl sites for hydroxylation is 2. The molecule has 2 aliphatic rings. The summed E-state index contributed by atoms with van der Waals surface area (Å²) in [5.74, 6) is -17.9. The van der Waals surface area contributed by atoms with Crippen LogP contribution in [0.2, 0.25) is 0 Å². The highest BCUT2D eigenvalue weighted by molar-refractivity contribution is 7.17. The number of carbonyl (C=O) groups excluding carboxylic acids is 4. The van der Waals surface area contributed by atoms with Crippen LogP contribution >= 0.6 is 22.7 Å². The Morgan fingerprint density at radius 2 is 0.947 bits per heavy atom. The topological polar surface area (TPSA) is 144 Å². The monoisotopic (exact) mass is 574 g/mol. The molecule has 0 bridgehead atoms. The molecule has 2 heterocycles. The minimum absolute atomic E-state index is 0.185. The zero-order valence-corrected chi connectivity index (χ0v) is 21.8. The van der Waals surface area contributed by atoms with Gasteiger partial charge in [0.1, 0.15) is 10.0 Å².